The first-order valence-electron chi connectivity index (χ1n) is 6.57. The van der Waals surface area contributed by atoms with Gasteiger partial charge in [0.15, 0.2) is 0 Å². The number of ether oxygens (including phenoxy) is 2. The fourth-order valence-corrected chi connectivity index (χ4v) is 1.36. The highest BCUT2D eigenvalue weighted by Crippen LogP contribution is 2.58. The molecule has 0 radical (unpaired) electrons. The summed E-state index contributed by atoms with van der Waals surface area (Å²) in [5.74, 6) is -36.7. The fourth-order valence-electron chi connectivity index (χ4n) is 1.36. The predicted octanol–water partition coefficient (Wildman–Crippen LogP) is 4.62. The first-order valence-corrected chi connectivity index (χ1v) is 6.57. The summed E-state index contributed by atoms with van der Waals surface area (Å²) in [6.45, 7) is 0. The molecule has 0 aliphatic heterocycles. The molecule has 0 aliphatic rings. The van der Waals surface area contributed by atoms with Gasteiger partial charge < -0.3 is 16.1 Å². The molecule has 0 saturated heterocycles. The van der Waals surface area contributed by atoms with E-state index in [2.05, 4.69) is 0 Å². The molecule has 206 valence electrons. The van der Waals surface area contributed by atoms with Gasteiger partial charge in [-0.1, -0.05) is 0 Å². The molecule has 0 aromatic rings. The molecule has 0 heterocycles. The maximum atomic E-state index is 13.7. The summed E-state index contributed by atoms with van der Waals surface area (Å²) in [6.07, 6.45) is -40.4. The number of carbonyl (C=O) groups excluding carboxylic acids is 1. The van der Waals surface area contributed by atoms with Crippen molar-refractivity contribution in [3.05, 3.63) is 0 Å². The largest absolute Gasteiger partial charge is 0.544 e. The molecule has 34 heavy (non-hydrogen) atoms. The molecule has 0 bridgehead atoms. The van der Waals surface area contributed by atoms with Crippen LogP contribution in [0.25, 0.3) is 0 Å². The summed E-state index contributed by atoms with van der Waals surface area (Å²) in [4.78, 5) is 9.90. The lowest BCUT2D eigenvalue weighted by atomic mass is 10.1. The number of alkyl halides is 19. The molecule has 0 aromatic carbocycles. The second kappa shape index (κ2) is 8.60. The second-order valence-electron chi connectivity index (χ2n) is 5.36. The Kier molecular flexibility index (Phi) is 8.65. The molecule has 4 N–H and O–H groups in total. The minimum Gasteiger partial charge on any atom is -0.544 e. The number of rotatable bonds is 8. The van der Waals surface area contributed by atoms with E-state index in [1.165, 1.54) is 4.74 Å². The normalized spacial score (nSPS) is 18.6. The van der Waals surface area contributed by atoms with Gasteiger partial charge in [0, 0.05) is 0 Å². The summed E-state index contributed by atoms with van der Waals surface area (Å²) in [6, 6.07) is 0. The van der Waals surface area contributed by atoms with E-state index in [1.54, 1.807) is 0 Å². The molecule has 0 aliphatic carbocycles. The summed E-state index contributed by atoms with van der Waals surface area (Å²) >= 11 is 0. The Morgan fingerprint density at radius 3 is 1.03 bits per heavy atom. The van der Waals surface area contributed by atoms with E-state index in [9.17, 15) is 93.3 Å². The van der Waals surface area contributed by atoms with E-state index in [4.69, 9.17) is 0 Å². The number of carboxylic acid groups (broad SMARTS) is 1. The summed E-state index contributed by atoms with van der Waals surface area (Å²) < 4.78 is 243. The predicted molar refractivity (Wildman–Crippen MR) is 58.8 cm³/mol. The molecule has 0 rings (SSSR count). The van der Waals surface area contributed by atoms with Gasteiger partial charge in [0.2, 0.25) is 0 Å². The van der Waals surface area contributed by atoms with Crippen molar-refractivity contribution in [2.45, 2.75) is 54.3 Å². The van der Waals surface area contributed by atoms with Gasteiger partial charge >= 0.3 is 54.3 Å². The van der Waals surface area contributed by atoms with Crippen LogP contribution < -0.4 is 11.3 Å². The van der Waals surface area contributed by atoms with Crippen LogP contribution in [-0.2, 0) is 14.3 Å². The van der Waals surface area contributed by atoms with E-state index >= 15 is 0 Å². The molecule has 0 fully saturated rings. The van der Waals surface area contributed by atoms with E-state index in [-0.39, 0.29) is 6.15 Å². The quantitative estimate of drug-likeness (QED) is 0.437. The van der Waals surface area contributed by atoms with Crippen molar-refractivity contribution in [3.63, 3.8) is 0 Å². The van der Waals surface area contributed by atoms with Crippen LogP contribution in [0.4, 0.5) is 83.4 Å². The molecule has 2 atom stereocenters. The third kappa shape index (κ3) is 5.16. The lowest BCUT2D eigenvalue weighted by Gasteiger charge is -2.42. The zero-order chi connectivity index (χ0) is 27.5. The molecule has 0 amide bonds. The van der Waals surface area contributed by atoms with Gasteiger partial charge in [0.25, 0.3) is 0 Å². The highest BCUT2D eigenvalue weighted by molar-refractivity contribution is 5.74. The van der Waals surface area contributed by atoms with Gasteiger partial charge in [-0.05, 0) is 0 Å². The molecule has 5 nitrogen and oxygen atoms in total. The third-order valence-corrected chi connectivity index (χ3v) is 3.02. The standard InChI is InChI=1S/C10HF19O4.H3N/c11-2(12,1(30)31)4(15,7(20,21)22)32-10(28,29)5(16,8(23,24)25)33-9(26,27)3(13,14)6(17,18)19;/h(H,30,31);1H3. The Morgan fingerprint density at radius 2 is 0.794 bits per heavy atom. The number of quaternary nitrogens is 1. The molecule has 24 heteroatoms. The third-order valence-electron chi connectivity index (χ3n) is 3.02. The molecular weight excluding hydrogens is 559 g/mol. The Bertz CT molecular complexity index is 741. The Balaban J connectivity index is 0. The van der Waals surface area contributed by atoms with Crippen molar-refractivity contribution in [3.8, 4) is 0 Å². The average Bonchev–Trinajstić information content (AvgIpc) is 2.49. The smallest absolute Gasteiger partial charge is 0.462 e. The zero-order valence-corrected chi connectivity index (χ0v) is 14.8. The van der Waals surface area contributed by atoms with Crippen LogP contribution in [0, 0.1) is 0 Å². The van der Waals surface area contributed by atoms with E-state index in [1.807, 2.05) is 0 Å². The first kappa shape index (κ1) is 34.2. The average molecular weight is 563 g/mol. The lowest BCUT2D eigenvalue weighted by molar-refractivity contribution is -0.560. The number of aliphatic carboxylic acids is 1. The monoisotopic (exact) mass is 563 g/mol. The molecular formula is C10H4F19NO4. The van der Waals surface area contributed by atoms with E-state index < -0.39 is 60.3 Å². The van der Waals surface area contributed by atoms with Crippen LogP contribution in [0.1, 0.15) is 0 Å². The van der Waals surface area contributed by atoms with Crippen molar-refractivity contribution < 1.29 is 103 Å². The van der Waals surface area contributed by atoms with Crippen LogP contribution in [0.3, 0.4) is 0 Å². The zero-order valence-electron chi connectivity index (χ0n) is 14.8. The molecule has 0 spiro atoms. The van der Waals surface area contributed by atoms with Crippen molar-refractivity contribution in [2.75, 3.05) is 0 Å². The van der Waals surface area contributed by atoms with Crippen LogP contribution in [0.5, 0.6) is 0 Å². The van der Waals surface area contributed by atoms with Crippen molar-refractivity contribution >= 4 is 5.97 Å². The van der Waals surface area contributed by atoms with Crippen molar-refractivity contribution in [2.24, 2.45) is 0 Å². The van der Waals surface area contributed by atoms with Gasteiger partial charge in [-0.2, -0.15) is 83.4 Å². The van der Waals surface area contributed by atoms with Crippen LogP contribution in [0.15, 0.2) is 0 Å². The van der Waals surface area contributed by atoms with Gasteiger partial charge in [-0.15, -0.1) is 0 Å². The van der Waals surface area contributed by atoms with Gasteiger partial charge in [0.1, 0.15) is 5.97 Å². The van der Waals surface area contributed by atoms with Crippen LogP contribution in [0.2, 0.25) is 0 Å². The topological polar surface area (TPSA) is 95.1 Å². The Morgan fingerprint density at radius 1 is 0.500 bits per heavy atom. The number of carboxylic acids is 1. The number of hydrogen-bond donors (Lipinski definition) is 1. The fraction of sp³-hybridized carbons (Fsp3) is 0.900. The van der Waals surface area contributed by atoms with E-state index in [0.29, 0.717) is 0 Å². The van der Waals surface area contributed by atoms with Gasteiger partial charge in [-0.25, -0.2) is 0 Å². The lowest BCUT2D eigenvalue weighted by Crippen LogP contribution is -2.71. The molecule has 2 unspecified atom stereocenters. The van der Waals surface area contributed by atoms with Gasteiger partial charge in [-0.3, -0.25) is 9.47 Å². The van der Waals surface area contributed by atoms with E-state index in [0.717, 1.165) is 4.74 Å². The van der Waals surface area contributed by atoms with Gasteiger partial charge in [0.05, 0.1) is 0 Å². The minimum absolute atomic E-state index is 0. The summed E-state index contributed by atoms with van der Waals surface area (Å²) in [5, 5.41) is 9.90. The Labute approximate surface area is 170 Å². The first-order chi connectivity index (χ1) is 13.9. The highest BCUT2D eigenvalue weighted by atomic mass is 19.4. The summed E-state index contributed by atoms with van der Waals surface area (Å²) in [7, 11) is 0. The highest BCUT2D eigenvalue weighted by Gasteiger charge is 2.87. The Hall–Kier alpha value is -1.98. The van der Waals surface area contributed by atoms with Crippen LogP contribution in [-0.4, -0.2) is 60.3 Å². The minimum atomic E-state index is -8.40. The van der Waals surface area contributed by atoms with Crippen LogP contribution >= 0.6 is 0 Å². The molecule has 0 aromatic heterocycles. The van der Waals surface area contributed by atoms with Crippen molar-refractivity contribution in [1.82, 2.24) is 6.15 Å². The second-order valence-corrected chi connectivity index (χ2v) is 5.36. The summed E-state index contributed by atoms with van der Waals surface area (Å²) in [5.41, 5.74) is 0. The molecule has 0 saturated carbocycles. The number of halogens is 19. The van der Waals surface area contributed by atoms with Crippen molar-refractivity contribution in [1.29, 1.82) is 0 Å². The number of hydrogen-bond acceptors (Lipinski definition) is 4. The number of carbonyl (C=O) groups is 1. The SMILES string of the molecule is O=C([O-])C(F)(F)C(F)(OC(F)(F)C(F)(OC(F)(F)C(F)(F)C(F)(F)F)C(F)(F)F)C(F)(F)F.[NH4+]. The maximum Gasteiger partial charge on any atom is 0.462 e. The maximum absolute atomic E-state index is 13.7.